The number of hydrogen-bond acceptors (Lipinski definition) is 3. The van der Waals surface area contributed by atoms with E-state index in [0.717, 1.165) is 32.0 Å². The largest absolute Gasteiger partial charge is 0.390 e. The lowest BCUT2D eigenvalue weighted by Gasteiger charge is -2.30. The minimum Gasteiger partial charge on any atom is -0.390 e. The summed E-state index contributed by atoms with van der Waals surface area (Å²) in [5.74, 6) is 0.718. The maximum absolute atomic E-state index is 10.3. The molecule has 1 aliphatic rings. The minimum atomic E-state index is -0.459. The molecule has 0 aromatic heterocycles. The Balaban J connectivity index is 0.00000288. The Morgan fingerprint density at radius 1 is 1.38 bits per heavy atom. The van der Waals surface area contributed by atoms with Gasteiger partial charge in [0, 0.05) is 32.7 Å². The second kappa shape index (κ2) is 11.4. The van der Waals surface area contributed by atoms with Gasteiger partial charge in [-0.1, -0.05) is 30.3 Å². The van der Waals surface area contributed by atoms with Crippen molar-refractivity contribution in [3.63, 3.8) is 0 Å². The average Bonchev–Trinajstić information content (AvgIpc) is 2.57. The van der Waals surface area contributed by atoms with Gasteiger partial charge in [0.1, 0.15) is 0 Å². The van der Waals surface area contributed by atoms with E-state index in [0.29, 0.717) is 19.6 Å². The Hall–Kier alpha value is -1.12. The van der Waals surface area contributed by atoms with Crippen molar-refractivity contribution in [2.45, 2.75) is 26.0 Å². The van der Waals surface area contributed by atoms with E-state index in [4.69, 9.17) is 0 Å². The highest BCUT2D eigenvalue weighted by Crippen LogP contribution is 2.18. The number of aliphatic hydroxyl groups is 1. The van der Waals surface area contributed by atoms with Gasteiger partial charge in [-0.2, -0.15) is 0 Å². The number of β-amino-alcohol motifs (C(OH)–C–C–N with tert-alkyl or cyclic N) is 1. The summed E-state index contributed by atoms with van der Waals surface area (Å²) >= 11 is 0. The monoisotopic (exact) mass is 444 g/mol. The van der Waals surface area contributed by atoms with Gasteiger partial charge in [0.05, 0.1) is 12.6 Å². The first-order valence-corrected chi connectivity index (χ1v) is 8.33. The van der Waals surface area contributed by atoms with E-state index in [2.05, 4.69) is 51.4 Å². The Kier molecular flexibility index (Phi) is 9.97. The number of aliphatic hydroxyl groups excluding tert-OH is 1. The van der Waals surface area contributed by atoms with Crippen molar-refractivity contribution in [2.75, 3.05) is 32.7 Å². The molecule has 0 spiro atoms. The van der Waals surface area contributed by atoms with Gasteiger partial charge in [-0.15, -0.1) is 30.6 Å². The van der Waals surface area contributed by atoms with Gasteiger partial charge in [-0.25, -0.2) is 0 Å². The average molecular weight is 444 g/mol. The third-order valence-corrected chi connectivity index (χ3v) is 3.90. The molecule has 24 heavy (non-hydrogen) atoms. The highest BCUT2D eigenvalue weighted by atomic mass is 127. The van der Waals surface area contributed by atoms with Crippen LogP contribution in [0.3, 0.4) is 0 Å². The lowest BCUT2D eigenvalue weighted by Crippen LogP contribution is -2.40. The molecule has 3 N–H and O–H groups in total. The molecule has 1 atom stereocenters. The Morgan fingerprint density at radius 3 is 2.83 bits per heavy atom. The number of hydrogen-bond donors (Lipinski definition) is 3. The summed E-state index contributed by atoms with van der Waals surface area (Å²) in [6.07, 6.45) is 2.38. The second-order valence-electron chi connectivity index (χ2n) is 5.80. The third kappa shape index (κ3) is 6.78. The van der Waals surface area contributed by atoms with Crippen LogP contribution in [-0.4, -0.2) is 54.8 Å². The van der Waals surface area contributed by atoms with E-state index in [9.17, 15) is 5.11 Å². The summed E-state index contributed by atoms with van der Waals surface area (Å²) in [5, 5.41) is 16.6. The number of nitrogens with one attached hydrogen (secondary N) is 2. The van der Waals surface area contributed by atoms with Gasteiger partial charge in [0.2, 0.25) is 0 Å². The molecular formula is C18H29IN4O. The lowest BCUT2D eigenvalue weighted by atomic mass is 10.00. The van der Waals surface area contributed by atoms with Crippen molar-refractivity contribution in [3.8, 4) is 0 Å². The predicted octanol–water partition coefficient (Wildman–Crippen LogP) is 1.76. The maximum atomic E-state index is 10.3. The topological polar surface area (TPSA) is 59.9 Å². The zero-order chi connectivity index (χ0) is 16.5. The molecule has 1 aromatic rings. The number of guanidine groups is 1. The van der Waals surface area contributed by atoms with Crippen molar-refractivity contribution >= 4 is 29.9 Å². The molecule has 0 radical (unpaired) electrons. The standard InChI is InChI=1S/C18H28N4O.HI/c1-3-10-20-18(19-4-2)21-12-17(23)14-22-11-9-15-7-5-6-8-16(15)13-22;/h3,5-8,17,23H,1,4,9-14H2,2H3,(H2,19,20,21);1H. The van der Waals surface area contributed by atoms with Crippen LogP contribution in [0.5, 0.6) is 0 Å². The van der Waals surface area contributed by atoms with Gasteiger partial charge in [0.25, 0.3) is 0 Å². The number of nitrogens with zero attached hydrogens (tertiary/aromatic N) is 2. The molecule has 1 aliphatic heterocycles. The minimum absolute atomic E-state index is 0. The molecular weight excluding hydrogens is 415 g/mol. The molecule has 134 valence electrons. The molecule has 6 heteroatoms. The van der Waals surface area contributed by atoms with Crippen LogP contribution in [0.2, 0.25) is 0 Å². The Labute approximate surface area is 162 Å². The normalized spacial score (nSPS) is 15.8. The molecule has 0 bridgehead atoms. The lowest BCUT2D eigenvalue weighted by molar-refractivity contribution is 0.111. The zero-order valence-electron chi connectivity index (χ0n) is 14.4. The van der Waals surface area contributed by atoms with Crippen LogP contribution in [-0.2, 0) is 13.0 Å². The summed E-state index contributed by atoms with van der Waals surface area (Å²) in [4.78, 5) is 6.73. The van der Waals surface area contributed by atoms with Gasteiger partial charge in [-0.05, 0) is 24.5 Å². The number of fused-ring (bicyclic) bond motifs is 1. The van der Waals surface area contributed by atoms with E-state index in [-0.39, 0.29) is 24.0 Å². The zero-order valence-corrected chi connectivity index (χ0v) is 16.7. The summed E-state index contributed by atoms with van der Waals surface area (Å²) in [6, 6.07) is 8.55. The van der Waals surface area contributed by atoms with Gasteiger partial charge in [0.15, 0.2) is 5.96 Å². The van der Waals surface area contributed by atoms with Gasteiger partial charge in [-0.3, -0.25) is 9.89 Å². The first kappa shape index (κ1) is 20.9. The molecule has 1 heterocycles. The number of rotatable bonds is 7. The maximum Gasteiger partial charge on any atom is 0.191 e. The molecule has 0 amide bonds. The van der Waals surface area contributed by atoms with Gasteiger partial charge < -0.3 is 15.7 Å². The first-order chi connectivity index (χ1) is 11.2. The van der Waals surface area contributed by atoms with Crippen molar-refractivity contribution in [1.82, 2.24) is 15.5 Å². The number of halogens is 1. The summed E-state index contributed by atoms with van der Waals surface area (Å²) < 4.78 is 0. The van der Waals surface area contributed by atoms with Gasteiger partial charge >= 0.3 is 0 Å². The van der Waals surface area contributed by atoms with Crippen molar-refractivity contribution < 1.29 is 5.11 Å². The Morgan fingerprint density at radius 2 is 2.12 bits per heavy atom. The predicted molar refractivity (Wildman–Crippen MR) is 111 cm³/mol. The van der Waals surface area contributed by atoms with Crippen LogP contribution in [0, 0.1) is 0 Å². The van der Waals surface area contributed by atoms with Crippen molar-refractivity contribution in [1.29, 1.82) is 0 Å². The van der Waals surface area contributed by atoms with Crippen LogP contribution in [0.4, 0.5) is 0 Å². The smallest absolute Gasteiger partial charge is 0.191 e. The van der Waals surface area contributed by atoms with E-state index < -0.39 is 6.10 Å². The third-order valence-electron chi connectivity index (χ3n) is 3.90. The highest BCUT2D eigenvalue weighted by molar-refractivity contribution is 14.0. The van der Waals surface area contributed by atoms with Crippen LogP contribution in [0.1, 0.15) is 18.1 Å². The number of benzene rings is 1. The molecule has 0 saturated carbocycles. The highest BCUT2D eigenvalue weighted by Gasteiger charge is 2.18. The SMILES string of the molecule is C=CCNC(=NCC(O)CN1CCc2ccccc2C1)NCC.I. The molecule has 0 fully saturated rings. The second-order valence-corrected chi connectivity index (χ2v) is 5.80. The molecule has 5 nitrogen and oxygen atoms in total. The van der Waals surface area contributed by atoms with Crippen molar-refractivity contribution in [2.24, 2.45) is 4.99 Å². The van der Waals surface area contributed by atoms with E-state index >= 15 is 0 Å². The fourth-order valence-corrected chi connectivity index (χ4v) is 2.77. The first-order valence-electron chi connectivity index (χ1n) is 8.33. The molecule has 0 aliphatic carbocycles. The van der Waals surface area contributed by atoms with Crippen LogP contribution in [0.25, 0.3) is 0 Å². The molecule has 1 aromatic carbocycles. The van der Waals surface area contributed by atoms with E-state index in [1.54, 1.807) is 6.08 Å². The Bertz CT molecular complexity index is 536. The summed E-state index contributed by atoms with van der Waals surface area (Å²) in [6.45, 7) is 10.1. The van der Waals surface area contributed by atoms with E-state index in [1.165, 1.54) is 11.1 Å². The summed E-state index contributed by atoms with van der Waals surface area (Å²) in [7, 11) is 0. The van der Waals surface area contributed by atoms with Crippen LogP contribution >= 0.6 is 24.0 Å². The van der Waals surface area contributed by atoms with Crippen LogP contribution < -0.4 is 10.6 Å². The molecule has 2 rings (SSSR count). The fourth-order valence-electron chi connectivity index (χ4n) is 2.77. The molecule has 1 unspecified atom stereocenters. The number of aliphatic imine (C=N–C) groups is 1. The quantitative estimate of drug-likeness (QED) is 0.260. The summed E-state index contributed by atoms with van der Waals surface area (Å²) in [5.41, 5.74) is 2.80. The van der Waals surface area contributed by atoms with Crippen LogP contribution in [0.15, 0.2) is 41.9 Å². The fraction of sp³-hybridized carbons (Fsp3) is 0.500. The molecule has 0 saturated heterocycles. The van der Waals surface area contributed by atoms with Crippen molar-refractivity contribution in [3.05, 3.63) is 48.0 Å². The van der Waals surface area contributed by atoms with E-state index in [1.807, 2.05) is 6.92 Å².